The number of Topliss-reactive ketones (excluding diaryl/α,β-unsaturated/α-hetero) is 1. The molecule has 1 aromatic carbocycles. The highest BCUT2D eigenvalue weighted by Crippen LogP contribution is 2.30. The van der Waals surface area contributed by atoms with E-state index in [4.69, 9.17) is 0 Å². The van der Waals surface area contributed by atoms with Crippen LogP contribution in [0.5, 0.6) is 0 Å². The molecule has 0 saturated heterocycles. The Kier molecular flexibility index (Phi) is 3.47. The Hall–Kier alpha value is -0.760. The number of hydrogen-bond donors (Lipinski definition) is 0. The molecule has 0 radical (unpaired) electrons. The van der Waals surface area contributed by atoms with Crippen LogP contribution in [0, 0.1) is 0 Å². The van der Waals surface area contributed by atoms with Crippen molar-refractivity contribution in [2.75, 3.05) is 5.75 Å². The third-order valence-corrected chi connectivity index (χ3v) is 4.03. The highest BCUT2D eigenvalue weighted by Gasteiger charge is 2.13. The number of rotatable bonds is 3. The third-order valence-electron chi connectivity index (χ3n) is 2.78. The first-order valence-electron chi connectivity index (χ1n) is 5.50. The Bertz CT molecular complexity index is 371. The van der Waals surface area contributed by atoms with E-state index in [0.717, 1.165) is 0 Å². The molecule has 0 amide bonds. The number of carbonyl (C=O) groups is 1. The summed E-state index contributed by atoms with van der Waals surface area (Å²) in [7, 11) is 0. The Morgan fingerprint density at radius 3 is 2.93 bits per heavy atom. The average molecular weight is 220 g/mol. The van der Waals surface area contributed by atoms with Crippen LogP contribution in [0.2, 0.25) is 0 Å². The van der Waals surface area contributed by atoms with Crippen molar-refractivity contribution in [3.63, 3.8) is 0 Å². The monoisotopic (exact) mass is 220 g/mol. The Balaban J connectivity index is 2.19. The van der Waals surface area contributed by atoms with Gasteiger partial charge in [-0.15, -0.1) is 11.8 Å². The maximum atomic E-state index is 11.0. The molecule has 0 saturated carbocycles. The van der Waals surface area contributed by atoms with Gasteiger partial charge in [-0.05, 0) is 49.8 Å². The van der Waals surface area contributed by atoms with Crippen molar-refractivity contribution >= 4 is 17.5 Å². The van der Waals surface area contributed by atoms with Crippen molar-refractivity contribution in [1.82, 2.24) is 0 Å². The molecule has 1 aromatic rings. The zero-order valence-corrected chi connectivity index (χ0v) is 9.90. The van der Waals surface area contributed by atoms with Crippen LogP contribution in [0.15, 0.2) is 23.1 Å². The fourth-order valence-electron chi connectivity index (χ4n) is 2.06. The van der Waals surface area contributed by atoms with Crippen molar-refractivity contribution in [3.05, 3.63) is 29.3 Å². The second kappa shape index (κ2) is 4.84. The number of aryl methyl sites for hydroxylation is 1. The first-order chi connectivity index (χ1) is 7.27. The second-order valence-corrected chi connectivity index (χ2v) is 5.11. The van der Waals surface area contributed by atoms with Crippen molar-refractivity contribution in [2.24, 2.45) is 0 Å². The molecular weight excluding hydrogens is 204 g/mol. The maximum Gasteiger partial charge on any atom is 0.140 e. The van der Waals surface area contributed by atoms with E-state index in [1.807, 2.05) is 0 Å². The molecule has 2 rings (SSSR count). The number of ketones is 1. The lowest BCUT2D eigenvalue weighted by atomic mass is 9.92. The van der Waals surface area contributed by atoms with Crippen LogP contribution in [0.1, 0.15) is 30.9 Å². The fourth-order valence-corrected chi connectivity index (χ4v) is 3.00. The molecular formula is C13H16OS. The zero-order valence-electron chi connectivity index (χ0n) is 9.08. The summed E-state index contributed by atoms with van der Waals surface area (Å²) in [6.45, 7) is 1.66. The SMILES string of the molecule is CC(=O)CSc1cccc2c1CCCC2. The first kappa shape index (κ1) is 10.7. The smallest absolute Gasteiger partial charge is 0.140 e. The van der Waals surface area contributed by atoms with E-state index in [2.05, 4.69) is 18.2 Å². The molecule has 2 heteroatoms. The van der Waals surface area contributed by atoms with E-state index in [9.17, 15) is 4.79 Å². The van der Waals surface area contributed by atoms with Gasteiger partial charge in [0.1, 0.15) is 5.78 Å². The predicted octanol–water partition coefficient (Wildman–Crippen LogP) is 3.25. The average Bonchev–Trinajstić information content (AvgIpc) is 2.26. The van der Waals surface area contributed by atoms with Gasteiger partial charge < -0.3 is 0 Å². The largest absolute Gasteiger partial charge is 0.299 e. The van der Waals surface area contributed by atoms with Gasteiger partial charge in [0, 0.05) is 4.90 Å². The normalized spacial score (nSPS) is 14.7. The van der Waals surface area contributed by atoms with E-state index >= 15 is 0 Å². The molecule has 0 atom stereocenters. The minimum absolute atomic E-state index is 0.258. The van der Waals surface area contributed by atoms with Crippen LogP contribution >= 0.6 is 11.8 Å². The summed E-state index contributed by atoms with van der Waals surface area (Å²) in [4.78, 5) is 12.3. The van der Waals surface area contributed by atoms with Crippen LogP contribution in [-0.4, -0.2) is 11.5 Å². The maximum absolute atomic E-state index is 11.0. The Morgan fingerprint density at radius 2 is 2.13 bits per heavy atom. The predicted molar refractivity (Wildman–Crippen MR) is 64.5 cm³/mol. The Morgan fingerprint density at radius 1 is 1.33 bits per heavy atom. The number of benzene rings is 1. The summed E-state index contributed by atoms with van der Waals surface area (Å²) < 4.78 is 0. The van der Waals surface area contributed by atoms with Gasteiger partial charge in [0.15, 0.2) is 0 Å². The highest BCUT2D eigenvalue weighted by molar-refractivity contribution is 8.00. The van der Waals surface area contributed by atoms with E-state index in [1.54, 1.807) is 18.7 Å². The molecule has 0 aliphatic heterocycles. The summed E-state index contributed by atoms with van der Waals surface area (Å²) in [5, 5.41) is 0. The number of carbonyl (C=O) groups excluding carboxylic acids is 1. The van der Waals surface area contributed by atoms with Crippen molar-refractivity contribution in [3.8, 4) is 0 Å². The summed E-state index contributed by atoms with van der Waals surface area (Å²) in [5.41, 5.74) is 2.99. The van der Waals surface area contributed by atoms with E-state index in [0.29, 0.717) is 5.75 Å². The van der Waals surface area contributed by atoms with Gasteiger partial charge in [-0.25, -0.2) is 0 Å². The molecule has 0 aromatic heterocycles. The molecule has 0 bridgehead atoms. The lowest BCUT2D eigenvalue weighted by Crippen LogP contribution is -2.04. The number of hydrogen-bond acceptors (Lipinski definition) is 2. The van der Waals surface area contributed by atoms with Crippen LogP contribution in [0.3, 0.4) is 0 Å². The van der Waals surface area contributed by atoms with Crippen molar-refractivity contribution in [1.29, 1.82) is 0 Å². The van der Waals surface area contributed by atoms with Crippen LogP contribution in [-0.2, 0) is 17.6 Å². The van der Waals surface area contributed by atoms with Gasteiger partial charge in [-0.3, -0.25) is 4.79 Å². The molecule has 1 nitrogen and oxygen atoms in total. The van der Waals surface area contributed by atoms with Crippen LogP contribution in [0.4, 0.5) is 0 Å². The summed E-state index contributed by atoms with van der Waals surface area (Å²) in [5.74, 6) is 0.865. The number of thioether (sulfide) groups is 1. The van der Waals surface area contributed by atoms with Crippen LogP contribution < -0.4 is 0 Å². The topological polar surface area (TPSA) is 17.1 Å². The summed E-state index contributed by atoms with van der Waals surface area (Å²) in [6.07, 6.45) is 5.01. The molecule has 0 heterocycles. The first-order valence-corrected chi connectivity index (χ1v) is 6.49. The molecule has 1 aliphatic carbocycles. The van der Waals surface area contributed by atoms with Gasteiger partial charge in [-0.1, -0.05) is 12.1 Å². The standard InChI is InChI=1S/C13H16OS/c1-10(14)9-15-13-8-4-6-11-5-2-3-7-12(11)13/h4,6,8H,2-3,5,7,9H2,1H3. The molecule has 0 N–H and O–H groups in total. The van der Waals surface area contributed by atoms with E-state index in [1.165, 1.54) is 41.7 Å². The molecule has 0 fully saturated rings. The molecule has 1 aliphatic rings. The van der Waals surface area contributed by atoms with Gasteiger partial charge in [-0.2, -0.15) is 0 Å². The minimum Gasteiger partial charge on any atom is -0.299 e. The van der Waals surface area contributed by atoms with Gasteiger partial charge in [0.05, 0.1) is 5.75 Å². The second-order valence-electron chi connectivity index (χ2n) is 4.09. The quantitative estimate of drug-likeness (QED) is 0.727. The number of fused-ring (bicyclic) bond motifs is 1. The van der Waals surface area contributed by atoms with Gasteiger partial charge >= 0.3 is 0 Å². The minimum atomic E-state index is 0.258. The third kappa shape index (κ3) is 2.63. The van der Waals surface area contributed by atoms with Crippen molar-refractivity contribution < 1.29 is 4.79 Å². The summed E-state index contributed by atoms with van der Waals surface area (Å²) in [6, 6.07) is 6.50. The van der Waals surface area contributed by atoms with Crippen LogP contribution in [0.25, 0.3) is 0 Å². The molecule has 80 valence electrons. The van der Waals surface area contributed by atoms with Gasteiger partial charge in [0.2, 0.25) is 0 Å². The van der Waals surface area contributed by atoms with Crippen molar-refractivity contribution in [2.45, 2.75) is 37.5 Å². The Labute approximate surface area is 95.3 Å². The van der Waals surface area contributed by atoms with Gasteiger partial charge in [0.25, 0.3) is 0 Å². The highest BCUT2D eigenvalue weighted by atomic mass is 32.2. The lowest BCUT2D eigenvalue weighted by molar-refractivity contribution is -0.114. The molecule has 15 heavy (non-hydrogen) atoms. The summed E-state index contributed by atoms with van der Waals surface area (Å²) >= 11 is 1.69. The lowest BCUT2D eigenvalue weighted by Gasteiger charge is -2.18. The zero-order chi connectivity index (χ0) is 10.7. The fraction of sp³-hybridized carbons (Fsp3) is 0.462. The van der Waals surface area contributed by atoms with E-state index in [-0.39, 0.29) is 5.78 Å². The van der Waals surface area contributed by atoms with E-state index < -0.39 is 0 Å². The molecule has 0 unspecified atom stereocenters. The molecule has 0 spiro atoms.